The first-order valence-corrected chi connectivity index (χ1v) is 13.0. The molecule has 0 heterocycles. The molecule has 7 heteroatoms. The summed E-state index contributed by atoms with van der Waals surface area (Å²) >= 11 is 0. The Balaban J connectivity index is 2.00. The van der Waals surface area contributed by atoms with Crippen molar-refractivity contribution in [3.8, 4) is 0 Å². The van der Waals surface area contributed by atoms with Crippen molar-refractivity contribution >= 4 is 23.6 Å². The van der Waals surface area contributed by atoms with Crippen LogP contribution in [0.3, 0.4) is 0 Å². The van der Waals surface area contributed by atoms with Crippen LogP contribution in [-0.2, 0) is 14.3 Å². The van der Waals surface area contributed by atoms with Crippen LogP contribution in [0.4, 0.5) is 10.5 Å². The van der Waals surface area contributed by atoms with Gasteiger partial charge >= 0.3 is 6.09 Å². The predicted molar refractivity (Wildman–Crippen MR) is 146 cm³/mol. The summed E-state index contributed by atoms with van der Waals surface area (Å²) in [4.78, 5) is 42.4. The van der Waals surface area contributed by atoms with Crippen molar-refractivity contribution < 1.29 is 19.1 Å². The number of benzene rings is 2. The Morgan fingerprint density at radius 3 is 2.00 bits per heavy atom. The summed E-state index contributed by atoms with van der Waals surface area (Å²) in [6, 6.07) is 11.8. The highest BCUT2D eigenvalue weighted by Crippen LogP contribution is 2.37. The average molecular weight is 508 g/mol. The van der Waals surface area contributed by atoms with E-state index in [-0.39, 0.29) is 23.8 Å². The number of rotatable bonds is 8. The first kappa shape index (κ1) is 28.2. The van der Waals surface area contributed by atoms with Crippen LogP contribution in [0.15, 0.2) is 42.5 Å². The first-order valence-electron chi connectivity index (χ1n) is 13.0. The molecule has 2 atom stereocenters. The number of ether oxygens (including phenoxy) is 1. The molecule has 1 fully saturated rings. The number of nitrogens with one attached hydrogen (secondary N) is 2. The van der Waals surface area contributed by atoms with Gasteiger partial charge in [-0.15, -0.1) is 0 Å². The number of hydrogen-bond donors (Lipinski definition) is 2. The van der Waals surface area contributed by atoms with E-state index in [1.807, 2.05) is 77.1 Å². The molecule has 1 aliphatic rings. The van der Waals surface area contributed by atoms with Crippen LogP contribution < -0.4 is 10.6 Å². The second-order valence-electron chi connectivity index (χ2n) is 11.4. The van der Waals surface area contributed by atoms with E-state index in [1.165, 1.54) is 0 Å². The number of carbonyl (C=O) groups excluding carboxylic acids is 3. The molecule has 1 saturated carbocycles. The number of hydrogen-bond acceptors (Lipinski definition) is 4. The quantitative estimate of drug-likeness (QED) is 0.470. The second kappa shape index (κ2) is 11.4. The topological polar surface area (TPSA) is 87.7 Å². The van der Waals surface area contributed by atoms with Gasteiger partial charge in [0.2, 0.25) is 5.91 Å². The molecular formula is C30H41N3O4. The Morgan fingerprint density at radius 1 is 0.946 bits per heavy atom. The zero-order valence-electron chi connectivity index (χ0n) is 23.3. The Hall–Kier alpha value is -3.35. The van der Waals surface area contributed by atoms with Crippen molar-refractivity contribution in [2.24, 2.45) is 5.92 Å². The molecule has 37 heavy (non-hydrogen) atoms. The summed E-state index contributed by atoms with van der Waals surface area (Å²) in [6.45, 7) is 15.0. The third-order valence-electron chi connectivity index (χ3n) is 6.45. The lowest BCUT2D eigenvalue weighted by Gasteiger charge is -2.36. The highest BCUT2D eigenvalue weighted by atomic mass is 16.6. The van der Waals surface area contributed by atoms with E-state index in [2.05, 4.69) is 10.6 Å². The van der Waals surface area contributed by atoms with Crippen molar-refractivity contribution in [3.05, 3.63) is 64.7 Å². The summed E-state index contributed by atoms with van der Waals surface area (Å²) in [5, 5.41) is 5.88. The molecule has 7 nitrogen and oxygen atoms in total. The van der Waals surface area contributed by atoms with Gasteiger partial charge in [-0.1, -0.05) is 61.9 Å². The maximum atomic E-state index is 14.1. The summed E-state index contributed by atoms with van der Waals surface area (Å²) < 4.78 is 5.44. The molecule has 2 aromatic carbocycles. The molecule has 2 unspecified atom stereocenters. The van der Waals surface area contributed by atoms with Crippen LogP contribution in [0.5, 0.6) is 0 Å². The van der Waals surface area contributed by atoms with Gasteiger partial charge in [-0.25, -0.2) is 4.79 Å². The molecule has 0 aliphatic heterocycles. The normalized spacial score (nSPS) is 15.1. The minimum Gasteiger partial charge on any atom is -0.444 e. The monoisotopic (exact) mass is 507 g/mol. The van der Waals surface area contributed by atoms with Crippen molar-refractivity contribution in [3.63, 3.8) is 0 Å². The highest BCUT2D eigenvalue weighted by Gasteiger charge is 2.44. The van der Waals surface area contributed by atoms with Gasteiger partial charge in [-0.3, -0.25) is 9.59 Å². The molecule has 0 radical (unpaired) electrons. The van der Waals surface area contributed by atoms with E-state index in [0.717, 1.165) is 40.8 Å². The molecule has 0 aromatic heterocycles. The Labute approximate surface area is 221 Å². The Bertz CT molecular complexity index is 1110. The smallest absolute Gasteiger partial charge is 0.408 e. The van der Waals surface area contributed by atoms with Crippen LogP contribution in [0.25, 0.3) is 0 Å². The van der Waals surface area contributed by atoms with Crippen LogP contribution in [0.2, 0.25) is 0 Å². The van der Waals surface area contributed by atoms with E-state index in [1.54, 1.807) is 25.7 Å². The van der Waals surface area contributed by atoms with Gasteiger partial charge in [0.25, 0.3) is 5.91 Å². The Morgan fingerprint density at radius 2 is 1.51 bits per heavy atom. The molecule has 0 bridgehead atoms. The number of amides is 3. The predicted octanol–water partition coefficient (Wildman–Crippen LogP) is 5.83. The second-order valence-corrected chi connectivity index (χ2v) is 11.4. The molecule has 2 aromatic rings. The number of para-hydroxylation sites is 1. The van der Waals surface area contributed by atoms with Crippen molar-refractivity contribution in [2.45, 2.75) is 92.0 Å². The fraction of sp³-hybridized carbons (Fsp3) is 0.500. The minimum absolute atomic E-state index is 0.0794. The van der Waals surface area contributed by atoms with Gasteiger partial charge in [-0.2, -0.15) is 0 Å². The third-order valence-corrected chi connectivity index (χ3v) is 6.45. The van der Waals surface area contributed by atoms with E-state index >= 15 is 0 Å². The maximum Gasteiger partial charge on any atom is 0.408 e. The summed E-state index contributed by atoms with van der Waals surface area (Å²) in [5.41, 5.74) is 3.75. The number of carbonyl (C=O) groups is 3. The lowest BCUT2D eigenvalue weighted by Crippen LogP contribution is -2.55. The number of alkyl carbamates (subject to hydrolysis) is 1. The first-order chi connectivity index (χ1) is 17.3. The number of nitrogens with zero attached hydrogens (tertiary/aromatic N) is 1. The van der Waals surface area contributed by atoms with E-state index in [4.69, 9.17) is 4.74 Å². The summed E-state index contributed by atoms with van der Waals surface area (Å²) in [7, 11) is 0. The summed E-state index contributed by atoms with van der Waals surface area (Å²) in [5.74, 6) is -0.770. The SMILES string of the molecule is Cc1ccc(C(C(=O)Nc2c(C)cccc2C)N(C(=O)C(NC(=O)OC(C)(C)C)C(C)C)C2CC2)cc1. The van der Waals surface area contributed by atoms with Gasteiger partial charge in [0.15, 0.2) is 0 Å². The lowest BCUT2D eigenvalue weighted by molar-refractivity contribution is -0.142. The van der Waals surface area contributed by atoms with E-state index < -0.39 is 23.8 Å². The van der Waals surface area contributed by atoms with Crippen molar-refractivity contribution in [2.75, 3.05) is 5.32 Å². The van der Waals surface area contributed by atoms with Crippen LogP contribution in [0, 0.1) is 26.7 Å². The fourth-order valence-electron chi connectivity index (χ4n) is 4.37. The zero-order valence-corrected chi connectivity index (χ0v) is 23.3. The van der Waals surface area contributed by atoms with Crippen LogP contribution in [-0.4, -0.2) is 40.5 Å². The maximum absolute atomic E-state index is 14.1. The molecule has 1 aliphatic carbocycles. The van der Waals surface area contributed by atoms with E-state index in [0.29, 0.717) is 0 Å². The lowest BCUT2D eigenvalue weighted by atomic mass is 9.97. The van der Waals surface area contributed by atoms with Crippen molar-refractivity contribution in [1.29, 1.82) is 0 Å². The molecule has 200 valence electrons. The average Bonchev–Trinajstić information content (AvgIpc) is 3.62. The van der Waals surface area contributed by atoms with Gasteiger partial charge < -0.3 is 20.3 Å². The van der Waals surface area contributed by atoms with Gasteiger partial charge in [0.05, 0.1) is 0 Å². The van der Waals surface area contributed by atoms with Gasteiger partial charge in [-0.05, 0) is 77.0 Å². The number of aryl methyl sites for hydroxylation is 3. The standard InChI is InChI=1S/C30H41N3O4/c1-18(2)24(32-29(36)37-30(6,7)8)28(35)33(23-16-17-23)26(22-14-12-19(3)13-15-22)27(34)31-25-20(4)10-9-11-21(25)5/h9-15,18,23-24,26H,16-17H2,1-8H3,(H,31,34)(H,32,36). The van der Waals surface area contributed by atoms with Crippen LogP contribution in [0.1, 0.15) is 75.8 Å². The minimum atomic E-state index is -0.846. The van der Waals surface area contributed by atoms with Crippen LogP contribution >= 0.6 is 0 Å². The fourth-order valence-corrected chi connectivity index (χ4v) is 4.37. The van der Waals surface area contributed by atoms with Crippen molar-refractivity contribution in [1.82, 2.24) is 10.2 Å². The third kappa shape index (κ3) is 7.34. The van der Waals surface area contributed by atoms with Gasteiger partial charge in [0, 0.05) is 11.7 Å². The highest BCUT2D eigenvalue weighted by molar-refractivity contribution is 6.00. The molecule has 0 spiro atoms. The van der Waals surface area contributed by atoms with E-state index in [9.17, 15) is 14.4 Å². The molecule has 3 rings (SSSR count). The molecular weight excluding hydrogens is 466 g/mol. The summed E-state index contributed by atoms with van der Waals surface area (Å²) in [6.07, 6.45) is 0.964. The molecule has 3 amide bonds. The Kier molecular flexibility index (Phi) is 8.67. The molecule has 2 N–H and O–H groups in total. The van der Waals surface area contributed by atoms with Gasteiger partial charge in [0.1, 0.15) is 17.7 Å². The molecule has 0 saturated heterocycles. The zero-order chi connectivity index (χ0) is 27.5. The largest absolute Gasteiger partial charge is 0.444 e. The number of anilines is 1.